The maximum absolute atomic E-state index is 9.15. The molecule has 0 radical (unpaired) electrons. The Hall–Kier alpha value is -3.33. The van der Waals surface area contributed by atoms with Crippen LogP contribution >= 0.6 is 0 Å². The van der Waals surface area contributed by atoms with Crippen LogP contribution in [0.4, 0.5) is 5.82 Å². The normalized spacial score (nSPS) is 13.2. The van der Waals surface area contributed by atoms with Gasteiger partial charge in [-0.1, -0.05) is 6.07 Å². The second kappa shape index (κ2) is 6.76. The number of pyridine rings is 2. The first-order valence-electron chi connectivity index (χ1n) is 8.96. The fourth-order valence-electron chi connectivity index (χ4n) is 3.40. The smallest absolute Gasteiger partial charge is 0.166 e. The van der Waals surface area contributed by atoms with E-state index in [9.17, 15) is 0 Å². The molecule has 0 aliphatic carbocycles. The van der Waals surface area contributed by atoms with Crippen molar-refractivity contribution in [1.82, 2.24) is 20.2 Å². The van der Waals surface area contributed by atoms with Gasteiger partial charge in [-0.3, -0.25) is 9.97 Å². The third-order valence-corrected chi connectivity index (χ3v) is 5.19. The predicted octanol–water partition coefficient (Wildman–Crippen LogP) is 3.29. The summed E-state index contributed by atoms with van der Waals surface area (Å²) in [6.45, 7) is 7.48. The zero-order valence-electron chi connectivity index (χ0n) is 15.7. The molecule has 0 spiro atoms. The lowest BCUT2D eigenvalue weighted by atomic mass is 10.0. The quantitative estimate of drug-likeness (QED) is 0.701. The van der Waals surface area contributed by atoms with Crippen molar-refractivity contribution in [3.63, 3.8) is 0 Å². The van der Waals surface area contributed by atoms with E-state index >= 15 is 0 Å². The highest BCUT2D eigenvalue weighted by atomic mass is 15.3. The Morgan fingerprint density at radius 3 is 2.56 bits per heavy atom. The summed E-state index contributed by atoms with van der Waals surface area (Å²) >= 11 is 0. The first kappa shape index (κ1) is 17.1. The molecule has 6 heteroatoms. The Kier molecular flexibility index (Phi) is 4.28. The molecule has 6 nitrogen and oxygen atoms in total. The second-order valence-electron chi connectivity index (χ2n) is 6.92. The minimum atomic E-state index is 0.393. The van der Waals surface area contributed by atoms with Gasteiger partial charge in [-0.2, -0.15) is 5.26 Å². The molecule has 1 aliphatic rings. The van der Waals surface area contributed by atoms with Crippen LogP contribution in [0.25, 0.3) is 11.1 Å². The van der Waals surface area contributed by atoms with Crippen LogP contribution in [-0.4, -0.2) is 26.7 Å². The van der Waals surface area contributed by atoms with Gasteiger partial charge >= 0.3 is 0 Å². The molecule has 1 aliphatic heterocycles. The summed E-state index contributed by atoms with van der Waals surface area (Å²) in [6, 6.07) is 8.39. The summed E-state index contributed by atoms with van der Waals surface area (Å²) < 4.78 is 0. The molecule has 0 bridgehead atoms. The molecular formula is C21H20N6. The van der Waals surface area contributed by atoms with Crippen LogP contribution in [0.2, 0.25) is 0 Å². The van der Waals surface area contributed by atoms with Crippen LogP contribution in [0.1, 0.15) is 33.8 Å². The van der Waals surface area contributed by atoms with Gasteiger partial charge in [-0.15, -0.1) is 10.2 Å². The summed E-state index contributed by atoms with van der Waals surface area (Å²) in [7, 11) is 0. The molecule has 134 valence electrons. The van der Waals surface area contributed by atoms with Crippen molar-refractivity contribution < 1.29 is 0 Å². The van der Waals surface area contributed by atoms with Gasteiger partial charge in [-0.25, -0.2) is 0 Å². The van der Waals surface area contributed by atoms with Gasteiger partial charge in [0.15, 0.2) is 11.5 Å². The van der Waals surface area contributed by atoms with Crippen LogP contribution in [0, 0.1) is 32.1 Å². The molecule has 0 saturated heterocycles. The highest BCUT2D eigenvalue weighted by Gasteiger charge is 2.22. The monoisotopic (exact) mass is 356 g/mol. The number of nitrogens with zero attached hydrogens (tertiary/aromatic N) is 6. The molecule has 0 fully saturated rings. The Morgan fingerprint density at radius 1 is 1.00 bits per heavy atom. The van der Waals surface area contributed by atoms with E-state index in [1.807, 2.05) is 39.2 Å². The fraction of sp³-hybridized carbons (Fsp3) is 0.286. The highest BCUT2D eigenvalue weighted by Crippen LogP contribution is 2.28. The van der Waals surface area contributed by atoms with Crippen molar-refractivity contribution in [2.75, 3.05) is 11.4 Å². The van der Waals surface area contributed by atoms with E-state index < -0.39 is 0 Å². The zero-order valence-corrected chi connectivity index (χ0v) is 15.7. The number of aromatic nitrogens is 4. The molecule has 3 aromatic heterocycles. The van der Waals surface area contributed by atoms with E-state index in [4.69, 9.17) is 5.26 Å². The van der Waals surface area contributed by atoms with Crippen molar-refractivity contribution in [3.05, 3.63) is 64.4 Å². The van der Waals surface area contributed by atoms with Gasteiger partial charge in [0, 0.05) is 54.4 Å². The van der Waals surface area contributed by atoms with Crippen LogP contribution in [0.5, 0.6) is 0 Å². The van der Waals surface area contributed by atoms with Crippen LogP contribution in [-0.2, 0) is 13.0 Å². The van der Waals surface area contributed by atoms with E-state index in [0.717, 1.165) is 59.0 Å². The van der Waals surface area contributed by atoms with E-state index in [1.54, 1.807) is 0 Å². The zero-order chi connectivity index (χ0) is 19.0. The van der Waals surface area contributed by atoms with Gasteiger partial charge in [0.25, 0.3) is 0 Å². The number of nitriles is 1. The van der Waals surface area contributed by atoms with Crippen molar-refractivity contribution in [3.8, 4) is 17.2 Å². The minimum absolute atomic E-state index is 0.393. The average Bonchev–Trinajstić information content (AvgIpc) is 2.70. The van der Waals surface area contributed by atoms with Crippen molar-refractivity contribution >= 4 is 5.82 Å². The molecule has 0 unspecified atom stereocenters. The average molecular weight is 356 g/mol. The Balaban J connectivity index is 1.67. The number of hydrogen-bond acceptors (Lipinski definition) is 6. The maximum atomic E-state index is 9.15. The number of rotatable bonds is 2. The highest BCUT2D eigenvalue weighted by molar-refractivity contribution is 5.63. The van der Waals surface area contributed by atoms with Gasteiger partial charge in [0.2, 0.25) is 0 Å². The van der Waals surface area contributed by atoms with Crippen LogP contribution in [0.15, 0.2) is 30.6 Å². The molecular weight excluding hydrogens is 336 g/mol. The predicted molar refractivity (Wildman–Crippen MR) is 103 cm³/mol. The number of anilines is 1. The van der Waals surface area contributed by atoms with Crippen LogP contribution in [0.3, 0.4) is 0 Å². The number of aryl methyl sites for hydroxylation is 1. The molecule has 4 rings (SSSR count). The summed E-state index contributed by atoms with van der Waals surface area (Å²) in [5.74, 6) is 0.847. The molecule has 0 N–H and O–H groups in total. The Bertz CT molecular complexity index is 1050. The van der Waals surface area contributed by atoms with Gasteiger partial charge in [0.05, 0.1) is 0 Å². The summed E-state index contributed by atoms with van der Waals surface area (Å²) in [5.41, 5.74) is 7.77. The van der Waals surface area contributed by atoms with Crippen molar-refractivity contribution in [1.29, 1.82) is 5.26 Å². The largest absolute Gasteiger partial charge is 0.350 e. The van der Waals surface area contributed by atoms with E-state index in [1.165, 1.54) is 5.56 Å². The van der Waals surface area contributed by atoms with E-state index in [0.29, 0.717) is 5.69 Å². The molecule has 0 amide bonds. The van der Waals surface area contributed by atoms with E-state index in [2.05, 4.69) is 43.3 Å². The fourth-order valence-corrected chi connectivity index (χ4v) is 3.40. The Labute approximate surface area is 158 Å². The third kappa shape index (κ3) is 3.13. The maximum Gasteiger partial charge on any atom is 0.166 e. The lowest BCUT2D eigenvalue weighted by Crippen LogP contribution is -2.32. The Morgan fingerprint density at radius 2 is 1.81 bits per heavy atom. The van der Waals surface area contributed by atoms with Gasteiger partial charge < -0.3 is 4.90 Å². The summed E-state index contributed by atoms with van der Waals surface area (Å²) in [4.78, 5) is 11.3. The topological polar surface area (TPSA) is 78.6 Å². The summed E-state index contributed by atoms with van der Waals surface area (Å²) in [6.07, 6.45) is 4.68. The van der Waals surface area contributed by atoms with Gasteiger partial charge in [0.1, 0.15) is 6.07 Å². The summed E-state index contributed by atoms with van der Waals surface area (Å²) in [5, 5.41) is 17.6. The lowest BCUT2D eigenvalue weighted by Gasteiger charge is -2.30. The minimum Gasteiger partial charge on any atom is -0.350 e. The van der Waals surface area contributed by atoms with Gasteiger partial charge in [-0.05, 0) is 49.6 Å². The number of hydrogen-bond donors (Lipinski definition) is 0. The third-order valence-electron chi connectivity index (χ3n) is 5.19. The first-order chi connectivity index (χ1) is 13.1. The molecule has 3 aromatic rings. The molecule has 4 heterocycles. The molecule has 27 heavy (non-hydrogen) atoms. The first-order valence-corrected chi connectivity index (χ1v) is 8.96. The second-order valence-corrected chi connectivity index (χ2v) is 6.92. The van der Waals surface area contributed by atoms with Crippen molar-refractivity contribution in [2.24, 2.45) is 0 Å². The SMILES string of the molecule is Cc1ccc(-c2cnc3c(c2)CN(c2nnc(C#N)c(C)c2C)CC3)cn1. The molecule has 0 aromatic carbocycles. The van der Waals surface area contributed by atoms with Crippen molar-refractivity contribution in [2.45, 2.75) is 33.7 Å². The standard InChI is InChI=1S/C21H20N6/c1-13-4-5-16(10-23-13)17-8-18-12-27(7-6-19(18)24-11-17)21-15(3)14(2)20(9-22)25-26-21/h4-5,8,10-11H,6-7,12H2,1-3H3. The van der Waals surface area contributed by atoms with E-state index in [-0.39, 0.29) is 0 Å². The molecule has 0 atom stereocenters. The lowest BCUT2D eigenvalue weighted by molar-refractivity contribution is 0.692. The number of fused-ring (bicyclic) bond motifs is 1. The molecule has 0 saturated carbocycles. The van der Waals surface area contributed by atoms with Crippen LogP contribution < -0.4 is 4.90 Å².